The zero-order chi connectivity index (χ0) is 20.2. The van der Waals surface area contributed by atoms with Crippen LogP contribution in [-0.2, 0) is 17.6 Å². The number of esters is 1. The number of anilines is 1. The molecular weight excluding hydrogens is 384 g/mol. The summed E-state index contributed by atoms with van der Waals surface area (Å²) in [6.45, 7) is 2.09. The van der Waals surface area contributed by atoms with E-state index in [2.05, 4.69) is 34.6 Å². The second kappa shape index (κ2) is 8.57. The van der Waals surface area contributed by atoms with Crippen molar-refractivity contribution in [3.63, 3.8) is 0 Å². The number of pyridine rings is 1. The van der Waals surface area contributed by atoms with E-state index in [1.165, 1.54) is 16.9 Å². The van der Waals surface area contributed by atoms with Gasteiger partial charge in [-0.1, -0.05) is 30.3 Å². The van der Waals surface area contributed by atoms with Gasteiger partial charge in [-0.15, -0.1) is 11.3 Å². The summed E-state index contributed by atoms with van der Waals surface area (Å²) in [5.74, 6) is -0.203. The Bertz CT molecular complexity index is 1020. The Hall–Kier alpha value is -2.99. The number of carbonyl (C=O) groups is 2. The Balaban J connectivity index is 1.66. The van der Waals surface area contributed by atoms with Crippen molar-refractivity contribution in [1.82, 2.24) is 4.98 Å². The Kier molecular flexibility index (Phi) is 5.71. The van der Waals surface area contributed by atoms with E-state index in [1.54, 1.807) is 31.5 Å². The van der Waals surface area contributed by atoms with Crippen LogP contribution in [0.3, 0.4) is 0 Å². The molecule has 29 heavy (non-hydrogen) atoms. The number of fused-ring (bicyclic) bond motifs is 1. The number of hydrogen-bond donors (Lipinski definition) is 1. The molecule has 0 radical (unpaired) electrons. The van der Waals surface area contributed by atoms with Gasteiger partial charge >= 0.3 is 5.97 Å². The summed E-state index contributed by atoms with van der Waals surface area (Å²) >= 11 is 1.49. The van der Waals surface area contributed by atoms with Crippen molar-refractivity contribution in [2.75, 3.05) is 11.9 Å². The molecule has 1 aliphatic carbocycles. The van der Waals surface area contributed by atoms with E-state index in [0.717, 1.165) is 29.7 Å². The number of hydrogen-bond acceptors (Lipinski definition) is 5. The molecular formula is C23H22N2O3S. The van der Waals surface area contributed by atoms with Crippen LogP contribution in [-0.4, -0.2) is 23.5 Å². The first kappa shape index (κ1) is 19.3. The topological polar surface area (TPSA) is 68.3 Å². The van der Waals surface area contributed by atoms with Crippen LogP contribution in [0.25, 0.3) is 0 Å². The predicted molar refractivity (Wildman–Crippen MR) is 114 cm³/mol. The third-order valence-electron chi connectivity index (χ3n) is 5.19. The highest BCUT2D eigenvalue weighted by Crippen LogP contribution is 2.42. The fourth-order valence-corrected chi connectivity index (χ4v) is 5.09. The summed E-state index contributed by atoms with van der Waals surface area (Å²) in [5, 5.41) is 3.50. The zero-order valence-electron chi connectivity index (χ0n) is 16.2. The minimum Gasteiger partial charge on any atom is -0.462 e. The highest BCUT2D eigenvalue weighted by atomic mass is 32.1. The molecule has 2 heterocycles. The van der Waals surface area contributed by atoms with E-state index in [4.69, 9.17) is 4.74 Å². The van der Waals surface area contributed by atoms with E-state index in [-0.39, 0.29) is 11.9 Å². The maximum absolute atomic E-state index is 12.7. The number of carbonyl (C=O) groups excluding carboxylic acids is 2. The van der Waals surface area contributed by atoms with Crippen molar-refractivity contribution in [2.45, 2.75) is 32.1 Å². The molecule has 6 heteroatoms. The van der Waals surface area contributed by atoms with Gasteiger partial charge in [0.2, 0.25) is 0 Å². The minimum atomic E-state index is -0.367. The second-order valence-electron chi connectivity index (χ2n) is 6.97. The highest BCUT2D eigenvalue weighted by molar-refractivity contribution is 7.17. The van der Waals surface area contributed by atoms with Gasteiger partial charge in [-0.05, 0) is 55.4 Å². The minimum absolute atomic E-state index is 0.254. The number of amides is 1. The average molecular weight is 407 g/mol. The Morgan fingerprint density at radius 2 is 1.93 bits per heavy atom. The molecule has 1 atom stereocenters. The third kappa shape index (κ3) is 4.07. The van der Waals surface area contributed by atoms with Crippen molar-refractivity contribution >= 4 is 28.2 Å². The summed E-state index contributed by atoms with van der Waals surface area (Å²) in [4.78, 5) is 30.4. The van der Waals surface area contributed by atoms with Gasteiger partial charge in [-0.2, -0.15) is 0 Å². The van der Waals surface area contributed by atoms with Crippen molar-refractivity contribution in [3.05, 3.63) is 82.0 Å². The van der Waals surface area contributed by atoms with Gasteiger partial charge in [-0.25, -0.2) is 4.79 Å². The van der Waals surface area contributed by atoms with Crippen LogP contribution in [0, 0.1) is 0 Å². The number of nitrogens with zero attached hydrogens (tertiary/aromatic N) is 1. The molecule has 0 bridgehead atoms. The van der Waals surface area contributed by atoms with Crippen molar-refractivity contribution < 1.29 is 14.3 Å². The van der Waals surface area contributed by atoms with Crippen LogP contribution in [0.1, 0.15) is 56.0 Å². The SMILES string of the molecule is CCOC(=O)c1c(NC(=O)c2ccncc2)sc2c1CCC(c1ccccc1)C2. The normalized spacial score (nSPS) is 15.4. The van der Waals surface area contributed by atoms with Crippen LogP contribution >= 0.6 is 11.3 Å². The summed E-state index contributed by atoms with van der Waals surface area (Å²) in [6, 6.07) is 13.8. The molecule has 148 valence electrons. The lowest BCUT2D eigenvalue weighted by molar-refractivity contribution is 0.0526. The molecule has 0 fully saturated rings. The molecule has 1 N–H and O–H groups in total. The van der Waals surface area contributed by atoms with Gasteiger partial charge in [0.15, 0.2) is 0 Å². The maximum atomic E-state index is 12.7. The van der Waals surface area contributed by atoms with Crippen molar-refractivity contribution in [2.24, 2.45) is 0 Å². The highest BCUT2D eigenvalue weighted by Gasteiger charge is 2.31. The first-order chi connectivity index (χ1) is 14.2. The molecule has 3 aromatic rings. The number of rotatable bonds is 5. The molecule has 0 saturated carbocycles. The van der Waals surface area contributed by atoms with E-state index >= 15 is 0 Å². The number of ether oxygens (including phenoxy) is 1. The van der Waals surface area contributed by atoms with Crippen LogP contribution < -0.4 is 5.32 Å². The summed E-state index contributed by atoms with van der Waals surface area (Å²) in [6.07, 6.45) is 5.78. The second-order valence-corrected chi connectivity index (χ2v) is 8.07. The molecule has 1 amide bonds. The molecule has 0 saturated heterocycles. The number of thiophene rings is 1. The van der Waals surface area contributed by atoms with E-state index < -0.39 is 0 Å². The van der Waals surface area contributed by atoms with Crippen LogP contribution in [0.15, 0.2) is 54.9 Å². The first-order valence-electron chi connectivity index (χ1n) is 9.75. The van der Waals surface area contributed by atoms with Gasteiger partial charge in [-0.3, -0.25) is 9.78 Å². The lowest BCUT2D eigenvalue weighted by atomic mass is 9.83. The van der Waals surface area contributed by atoms with Gasteiger partial charge < -0.3 is 10.1 Å². The first-order valence-corrected chi connectivity index (χ1v) is 10.6. The third-order valence-corrected chi connectivity index (χ3v) is 6.36. The molecule has 0 aliphatic heterocycles. The van der Waals surface area contributed by atoms with E-state index in [9.17, 15) is 9.59 Å². The van der Waals surface area contributed by atoms with Crippen molar-refractivity contribution in [3.8, 4) is 0 Å². The lowest BCUT2D eigenvalue weighted by Gasteiger charge is -2.23. The van der Waals surface area contributed by atoms with Crippen LogP contribution in [0.2, 0.25) is 0 Å². The molecule has 4 rings (SSSR count). The monoisotopic (exact) mass is 406 g/mol. The Morgan fingerprint density at radius 3 is 2.66 bits per heavy atom. The quantitative estimate of drug-likeness (QED) is 0.616. The van der Waals surface area contributed by atoms with Crippen molar-refractivity contribution in [1.29, 1.82) is 0 Å². The van der Waals surface area contributed by atoms with E-state index in [0.29, 0.717) is 28.7 Å². The standard InChI is InChI=1S/C23H22N2O3S/c1-2-28-23(27)20-18-9-8-17(15-6-4-3-5-7-15)14-19(18)29-22(20)25-21(26)16-10-12-24-13-11-16/h3-7,10-13,17H,2,8-9,14H2,1H3,(H,25,26). The zero-order valence-corrected chi connectivity index (χ0v) is 17.0. The van der Waals surface area contributed by atoms with Gasteiger partial charge in [0, 0.05) is 22.8 Å². The smallest absolute Gasteiger partial charge is 0.341 e. The van der Waals surface area contributed by atoms with Crippen LogP contribution in [0.5, 0.6) is 0 Å². The Morgan fingerprint density at radius 1 is 1.17 bits per heavy atom. The number of benzene rings is 1. The molecule has 1 unspecified atom stereocenters. The molecule has 5 nitrogen and oxygen atoms in total. The lowest BCUT2D eigenvalue weighted by Crippen LogP contribution is -2.17. The van der Waals surface area contributed by atoms with Gasteiger partial charge in [0.05, 0.1) is 12.2 Å². The number of aromatic nitrogens is 1. The summed E-state index contributed by atoms with van der Waals surface area (Å²) in [5.41, 5.74) is 3.35. The average Bonchev–Trinajstić information content (AvgIpc) is 3.12. The summed E-state index contributed by atoms with van der Waals surface area (Å²) in [7, 11) is 0. The largest absolute Gasteiger partial charge is 0.462 e. The van der Waals surface area contributed by atoms with Gasteiger partial charge in [0.25, 0.3) is 5.91 Å². The molecule has 1 aliphatic rings. The molecule has 1 aromatic carbocycles. The summed E-state index contributed by atoms with van der Waals surface area (Å²) < 4.78 is 5.30. The maximum Gasteiger partial charge on any atom is 0.341 e. The van der Waals surface area contributed by atoms with Crippen LogP contribution in [0.4, 0.5) is 5.00 Å². The molecule has 0 spiro atoms. The number of nitrogens with one attached hydrogen (secondary N) is 1. The fourth-order valence-electron chi connectivity index (χ4n) is 3.78. The predicted octanol–water partition coefficient (Wildman–Crippen LogP) is 4.84. The van der Waals surface area contributed by atoms with Gasteiger partial charge in [0.1, 0.15) is 5.00 Å². The fraction of sp³-hybridized carbons (Fsp3) is 0.261. The molecule has 2 aromatic heterocycles. The Labute approximate surface area is 173 Å². The van der Waals surface area contributed by atoms with E-state index in [1.807, 2.05) is 6.07 Å².